The lowest BCUT2D eigenvalue weighted by Gasteiger charge is -2.16. The zero-order valence-electron chi connectivity index (χ0n) is 14.5. The average molecular weight is 400 g/mol. The lowest BCUT2D eigenvalue weighted by molar-refractivity contribution is -0.152. The van der Waals surface area contributed by atoms with E-state index in [1.165, 1.54) is 24.3 Å². The predicted molar refractivity (Wildman–Crippen MR) is 99.2 cm³/mol. The van der Waals surface area contributed by atoms with Gasteiger partial charge in [0.2, 0.25) is 11.2 Å². The molecule has 0 saturated heterocycles. The Bertz CT molecular complexity index is 1010. The molecule has 0 radical (unpaired) electrons. The zero-order valence-corrected chi connectivity index (χ0v) is 15.3. The van der Waals surface area contributed by atoms with Crippen molar-refractivity contribution in [3.8, 4) is 16.9 Å². The second-order valence-electron chi connectivity index (χ2n) is 6.18. The molecule has 0 fully saturated rings. The maximum atomic E-state index is 13.6. The normalized spacial score (nSPS) is 11.6. The highest BCUT2D eigenvalue weighted by atomic mass is 35.5. The topological polar surface area (TPSA) is 53.7 Å². The van der Waals surface area contributed by atoms with E-state index in [-0.39, 0.29) is 46.8 Å². The number of rotatable bonds is 3. The first-order valence-corrected chi connectivity index (χ1v) is 7.79. The number of halogens is 4. The molecule has 0 unspecified atom stereocenters. The first-order chi connectivity index (χ1) is 12.2. The van der Waals surface area contributed by atoms with E-state index >= 15 is 0 Å². The number of nitrogens with zero attached hydrogens (tertiary/aromatic N) is 1. The van der Waals surface area contributed by atoms with Gasteiger partial charge in [-0.25, -0.2) is 0 Å². The van der Waals surface area contributed by atoms with Gasteiger partial charge in [-0.05, 0) is 31.8 Å². The minimum Gasteiger partial charge on any atom is -0.507 e. The first-order valence-electron chi connectivity index (χ1n) is 7.79. The SMILES string of the molecule is CN(C)Cc1c(O)ccc2c(=O)c(-c3ccccc3)c(C(F)(F)F)oc12.Cl. The van der Waals surface area contributed by atoms with Gasteiger partial charge in [0.1, 0.15) is 11.3 Å². The van der Waals surface area contributed by atoms with Crippen molar-refractivity contribution in [2.45, 2.75) is 12.7 Å². The van der Waals surface area contributed by atoms with Gasteiger partial charge in [-0.15, -0.1) is 12.4 Å². The van der Waals surface area contributed by atoms with E-state index in [2.05, 4.69) is 0 Å². The number of hydrogen-bond acceptors (Lipinski definition) is 4. The number of fused-ring (bicyclic) bond motifs is 1. The Kier molecular flexibility index (Phi) is 5.87. The van der Waals surface area contributed by atoms with Gasteiger partial charge in [0.15, 0.2) is 0 Å². The summed E-state index contributed by atoms with van der Waals surface area (Å²) in [5, 5.41) is 10.1. The molecule has 0 aliphatic heterocycles. The number of hydrogen-bond donors (Lipinski definition) is 1. The van der Waals surface area contributed by atoms with Gasteiger partial charge >= 0.3 is 6.18 Å². The van der Waals surface area contributed by atoms with Crippen LogP contribution in [0.5, 0.6) is 5.75 Å². The third-order valence-corrected chi connectivity index (χ3v) is 3.93. The first kappa shape index (κ1) is 20.8. The van der Waals surface area contributed by atoms with Crippen LogP contribution in [0.4, 0.5) is 13.2 Å². The third-order valence-electron chi connectivity index (χ3n) is 3.93. The molecule has 0 bridgehead atoms. The molecule has 0 aliphatic rings. The highest BCUT2D eigenvalue weighted by Gasteiger charge is 2.39. The highest BCUT2D eigenvalue weighted by molar-refractivity contribution is 5.86. The van der Waals surface area contributed by atoms with Gasteiger partial charge in [0.05, 0.1) is 16.5 Å². The van der Waals surface area contributed by atoms with E-state index in [0.29, 0.717) is 0 Å². The fourth-order valence-electron chi connectivity index (χ4n) is 2.84. The minimum absolute atomic E-state index is 0. The van der Waals surface area contributed by atoms with Gasteiger partial charge in [-0.1, -0.05) is 30.3 Å². The Hall–Kier alpha value is -2.51. The Balaban J connectivity index is 0.00000261. The van der Waals surface area contributed by atoms with Gasteiger partial charge in [-0.2, -0.15) is 13.2 Å². The van der Waals surface area contributed by atoms with Crippen LogP contribution in [0.25, 0.3) is 22.1 Å². The molecule has 0 spiro atoms. The van der Waals surface area contributed by atoms with E-state index in [1.807, 2.05) is 0 Å². The summed E-state index contributed by atoms with van der Waals surface area (Å²) < 4.78 is 46.1. The molecule has 0 saturated carbocycles. The largest absolute Gasteiger partial charge is 0.507 e. The standard InChI is InChI=1S/C19H16F3NO3.ClH/c1-23(2)10-13-14(24)9-8-12-16(25)15(11-6-4-3-5-7-11)18(19(20,21)22)26-17(12)13;/h3-9,24H,10H2,1-2H3;1H. The van der Waals surface area contributed by atoms with Crippen molar-refractivity contribution in [1.82, 2.24) is 4.90 Å². The molecule has 2 aromatic carbocycles. The van der Waals surface area contributed by atoms with E-state index in [4.69, 9.17) is 4.42 Å². The van der Waals surface area contributed by atoms with Gasteiger partial charge < -0.3 is 14.4 Å². The van der Waals surface area contributed by atoms with Crippen LogP contribution in [0.15, 0.2) is 51.7 Å². The van der Waals surface area contributed by atoms with E-state index in [0.717, 1.165) is 0 Å². The number of phenols is 1. The molecule has 144 valence electrons. The van der Waals surface area contributed by atoms with Crippen molar-refractivity contribution in [2.24, 2.45) is 0 Å². The molecule has 0 aliphatic carbocycles. The van der Waals surface area contributed by atoms with E-state index in [1.54, 1.807) is 37.2 Å². The molecule has 27 heavy (non-hydrogen) atoms. The van der Waals surface area contributed by atoms with Crippen LogP contribution in [-0.2, 0) is 12.7 Å². The summed E-state index contributed by atoms with van der Waals surface area (Å²) in [6, 6.07) is 10.2. The maximum absolute atomic E-state index is 13.6. The molecule has 3 aromatic rings. The number of alkyl halides is 3. The van der Waals surface area contributed by atoms with Crippen LogP contribution in [0.3, 0.4) is 0 Å². The lowest BCUT2D eigenvalue weighted by atomic mass is 10.00. The summed E-state index contributed by atoms with van der Waals surface area (Å²) in [4.78, 5) is 14.6. The van der Waals surface area contributed by atoms with Crippen molar-refractivity contribution < 1.29 is 22.7 Å². The highest BCUT2D eigenvalue weighted by Crippen LogP contribution is 2.39. The van der Waals surface area contributed by atoms with Gasteiger partial charge in [-0.3, -0.25) is 4.79 Å². The summed E-state index contributed by atoms with van der Waals surface area (Å²) in [5.74, 6) is -1.60. The summed E-state index contributed by atoms with van der Waals surface area (Å²) in [5.41, 5.74) is -1.32. The Morgan fingerprint density at radius 2 is 1.70 bits per heavy atom. The maximum Gasteiger partial charge on any atom is 0.450 e. The second-order valence-corrected chi connectivity index (χ2v) is 6.18. The van der Waals surface area contributed by atoms with Crippen LogP contribution < -0.4 is 5.43 Å². The Morgan fingerprint density at radius 1 is 1.07 bits per heavy atom. The monoisotopic (exact) mass is 399 g/mol. The lowest BCUT2D eigenvalue weighted by Crippen LogP contribution is -2.17. The van der Waals surface area contributed by atoms with Crippen molar-refractivity contribution in [3.63, 3.8) is 0 Å². The second kappa shape index (κ2) is 7.62. The molecular weight excluding hydrogens is 383 g/mol. The summed E-state index contributed by atoms with van der Waals surface area (Å²) >= 11 is 0. The van der Waals surface area contributed by atoms with Crippen LogP contribution >= 0.6 is 12.4 Å². The smallest absolute Gasteiger partial charge is 0.450 e. The molecule has 1 heterocycles. The molecule has 4 nitrogen and oxygen atoms in total. The van der Waals surface area contributed by atoms with Crippen LogP contribution in [0, 0.1) is 0 Å². The van der Waals surface area contributed by atoms with E-state index in [9.17, 15) is 23.1 Å². The third kappa shape index (κ3) is 3.94. The molecule has 3 rings (SSSR count). The van der Waals surface area contributed by atoms with Crippen molar-refractivity contribution in [1.29, 1.82) is 0 Å². The van der Waals surface area contributed by atoms with Gasteiger partial charge in [0.25, 0.3) is 0 Å². The van der Waals surface area contributed by atoms with Gasteiger partial charge in [0, 0.05) is 6.54 Å². The molecule has 1 aromatic heterocycles. The fourth-order valence-corrected chi connectivity index (χ4v) is 2.84. The molecule has 0 amide bonds. The van der Waals surface area contributed by atoms with Crippen molar-refractivity contribution in [3.05, 3.63) is 64.0 Å². The molecule has 0 atom stereocenters. The summed E-state index contributed by atoms with van der Waals surface area (Å²) in [7, 11) is 3.39. The minimum atomic E-state index is -4.86. The number of benzene rings is 2. The molecule has 1 N–H and O–H groups in total. The van der Waals surface area contributed by atoms with Crippen molar-refractivity contribution in [2.75, 3.05) is 14.1 Å². The number of phenolic OH excluding ortho intramolecular Hbond substituents is 1. The van der Waals surface area contributed by atoms with Crippen LogP contribution in [0.1, 0.15) is 11.3 Å². The Morgan fingerprint density at radius 3 is 2.26 bits per heavy atom. The molecule has 8 heteroatoms. The predicted octanol–water partition coefficient (Wildman–Crippen LogP) is 4.67. The summed E-state index contributed by atoms with van der Waals surface area (Å²) in [6.07, 6.45) is -4.86. The Labute approximate surface area is 159 Å². The average Bonchev–Trinajstić information content (AvgIpc) is 2.57. The van der Waals surface area contributed by atoms with Crippen molar-refractivity contribution >= 4 is 23.4 Å². The summed E-state index contributed by atoms with van der Waals surface area (Å²) in [6.45, 7) is 0.119. The van der Waals surface area contributed by atoms with Crippen LogP contribution in [0.2, 0.25) is 0 Å². The van der Waals surface area contributed by atoms with Crippen LogP contribution in [-0.4, -0.2) is 24.1 Å². The fraction of sp³-hybridized carbons (Fsp3) is 0.211. The zero-order chi connectivity index (χ0) is 19.1. The number of aromatic hydroxyl groups is 1. The quantitative estimate of drug-likeness (QED) is 0.695. The molecular formula is C19H17ClF3NO3. The van der Waals surface area contributed by atoms with E-state index < -0.39 is 22.9 Å².